The van der Waals surface area contributed by atoms with Gasteiger partial charge >= 0.3 is 0 Å². The van der Waals surface area contributed by atoms with Crippen molar-refractivity contribution in [3.63, 3.8) is 0 Å². The Morgan fingerprint density at radius 1 is 1.43 bits per heavy atom. The van der Waals surface area contributed by atoms with Gasteiger partial charge < -0.3 is 4.79 Å². The Morgan fingerprint density at radius 3 is 2.71 bits per heavy atom. The average molecular weight is 320 g/mol. The van der Waals surface area contributed by atoms with Crippen LogP contribution in [0.15, 0.2) is 21.1 Å². The fraction of sp³-hybridized carbons (Fsp3) is 0.100. The third-order valence-electron chi connectivity index (χ3n) is 1.41. The van der Waals surface area contributed by atoms with Crippen LogP contribution in [-0.4, -0.2) is 6.29 Å². The zero-order valence-corrected chi connectivity index (χ0v) is 10.2. The van der Waals surface area contributed by atoms with Crippen molar-refractivity contribution in [2.24, 2.45) is 0 Å². The first-order chi connectivity index (χ1) is 6.65. The molecule has 14 heavy (non-hydrogen) atoms. The summed E-state index contributed by atoms with van der Waals surface area (Å²) >= 11 is 6.34. The number of rotatable bonds is 1. The summed E-state index contributed by atoms with van der Waals surface area (Å²) < 4.78 is 14.5. The SMILES string of the molecule is O=CCC#Cc1c(F)cc(Br)cc1Br. The van der Waals surface area contributed by atoms with E-state index in [2.05, 4.69) is 43.7 Å². The summed E-state index contributed by atoms with van der Waals surface area (Å²) in [5.74, 6) is 4.72. The van der Waals surface area contributed by atoms with E-state index in [-0.39, 0.29) is 12.0 Å². The Hall–Kier alpha value is -0.660. The lowest BCUT2D eigenvalue weighted by atomic mass is 10.2. The highest BCUT2D eigenvalue weighted by Gasteiger charge is 2.05. The molecule has 0 saturated heterocycles. The molecule has 0 bridgehead atoms. The maximum absolute atomic E-state index is 13.3. The fourth-order valence-corrected chi connectivity index (χ4v) is 2.11. The van der Waals surface area contributed by atoms with E-state index in [1.165, 1.54) is 6.07 Å². The number of halogens is 3. The summed E-state index contributed by atoms with van der Waals surface area (Å²) in [5, 5.41) is 0. The van der Waals surface area contributed by atoms with Gasteiger partial charge in [0.15, 0.2) is 0 Å². The Labute approximate surface area is 98.0 Å². The van der Waals surface area contributed by atoms with E-state index >= 15 is 0 Å². The van der Waals surface area contributed by atoms with Gasteiger partial charge in [0.1, 0.15) is 12.1 Å². The predicted molar refractivity (Wildman–Crippen MR) is 59.4 cm³/mol. The molecule has 0 aliphatic carbocycles. The zero-order valence-electron chi connectivity index (χ0n) is 6.98. The van der Waals surface area contributed by atoms with Gasteiger partial charge in [-0.2, -0.15) is 0 Å². The van der Waals surface area contributed by atoms with E-state index < -0.39 is 5.82 Å². The van der Waals surface area contributed by atoms with E-state index in [4.69, 9.17) is 0 Å². The number of hydrogen-bond acceptors (Lipinski definition) is 1. The molecule has 72 valence electrons. The first-order valence-corrected chi connectivity index (χ1v) is 5.31. The molecule has 0 fully saturated rings. The largest absolute Gasteiger partial charge is 0.302 e. The molecular weight excluding hydrogens is 315 g/mol. The molecule has 0 spiro atoms. The van der Waals surface area contributed by atoms with E-state index in [9.17, 15) is 9.18 Å². The van der Waals surface area contributed by atoms with Gasteiger partial charge in [0.2, 0.25) is 0 Å². The smallest absolute Gasteiger partial charge is 0.141 e. The molecule has 1 aromatic rings. The predicted octanol–water partition coefficient (Wildman–Crippen LogP) is 3.29. The minimum Gasteiger partial charge on any atom is -0.302 e. The molecule has 1 rings (SSSR count). The molecule has 0 saturated carbocycles. The van der Waals surface area contributed by atoms with Gasteiger partial charge in [-0.1, -0.05) is 27.8 Å². The molecule has 1 aromatic carbocycles. The van der Waals surface area contributed by atoms with Gasteiger partial charge in [-0.05, 0) is 28.1 Å². The third-order valence-corrected chi connectivity index (χ3v) is 2.49. The number of aldehydes is 1. The molecule has 0 aliphatic heterocycles. The lowest BCUT2D eigenvalue weighted by Crippen LogP contribution is -1.86. The van der Waals surface area contributed by atoms with Crippen LogP contribution < -0.4 is 0 Å². The Morgan fingerprint density at radius 2 is 2.14 bits per heavy atom. The van der Waals surface area contributed by atoms with E-state index in [1.54, 1.807) is 6.07 Å². The Bertz CT molecular complexity index is 395. The van der Waals surface area contributed by atoms with Gasteiger partial charge in [0, 0.05) is 8.95 Å². The van der Waals surface area contributed by atoms with Crippen molar-refractivity contribution in [2.75, 3.05) is 0 Å². The van der Waals surface area contributed by atoms with Crippen LogP contribution >= 0.6 is 31.9 Å². The minimum atomic E-state index is -0.412. The maximum Gasteiger partial charge on any atom is 0.141 e. The van der Waals surface area contributed by atoms with Crippen LogP contribution in [0.4, 0.5) is 4.39 Å². The quantitative estimate of drug-likeness (QED) is 0.573. The van der Waals surface area contributed by atoms with Gasteiger partial charge in [-0.25, -0.2) is 4.39 Å². The Kier molecular flexibility index (Phi) is 4.30. The van der Waals surface area contributed by atoms with Crippen molar-refractivity contribution in [1.29, 1.82) is 0 Å². The average Bonchev–Trinajstić information content (AvgIpc) is 2.09. The summed E-state index contributed by atoms with van der Waals surface area (Å²) in [4.78, 5) is 10.0. The highest BCUT2D eigenvalue weighted by molar-refractivity contribution is 9.11. The van der Waals surface area contributed by atoms with Crippen molar-refractivity contribution in [3.05, 3.63) is 32.5 Å². The van der Waals surface area contributed by atoms with Gasteiger partial charge in [-0.15, -0.1) is 0 Å². The van der Waals surface area contributed by atoms with Crippen molar-refractivity contribution < 1.29 is 9.18 Å². The molecule has 0 N–H and O–H groups in total. The van der Waals surface area contributed by atoms with Crippen LogP contribution in [0.5, 0.6) is 0 Å². The number of carbonyl (C=O) groups excluding carboxylic acids is 1. The molecule has 0 unspecified atom stereocenters. The van der Waals surface area contributed by atoms with Crippen LogP contribution in [-0.2, 0) is 4.79 Å². The summed E-state index contributed by atoms with van der Waals surface area (Å²) in [6.07, 6.45) is 0.791. The van der Waals surface area contributed by atoms with Crippen molar-refractivity contribution >= 4 is 38.1 Å². The normalized spacial score (nSPS) is 9.07. The summed E-state index contributed by atoms with van der Waals surface area (Å²) in [6, 6.07) is 3.03. The van der Waals surface area contributed by atoms with Crippen LogP contribution in [0.25, 0.3) is 0 Å². The number of carbonyl (C=O) groups is 1. The van der Waals surface area contributed by atoms with Crippen molar-refractivity contribution in [3.8, 4) is 11.8 Å². The lowest BCUT2D eigenvalue weighted by Gasteiger charge is -1.99. The van der Waals surface area contributed by atoms with Crippen LogP contribution in [0.1, 0.15) is 12.0 Å². The molecule has 0 aliphatic rings. The third kappa shape index (κ3) is 2.93. The molecule has 0 aromatic heterocycles. The van der Waals surface area contributed by atoms with E-state index in [0.717, 1.165) is 0 Å². The highest BCUT2D eigenvalue weighted by atomic mass is 79.9. The molecule has 0 atom stereocenters. The first-order valence-electron chi connectivity index (χ1n) is 3.72. The Balaban J connectivity index is 3.10. The zero-order chi connectivity index (χ0) is 10.6. The highest BCUT2D eigenvalue weighted by Crippen LogP contribution is 2.24. The fourth-order valence-electron chi connectivity index (χ4n) is 0.843. The second kappa shape index (κ2) is 5.28. The summed E-state index contributed by atoms with van der Waals surface area (Å²) in [6.45, 7) is 0. The molecule has 0 heterocycles. The minimum absolute atomic E-state index is 0.113. The van der Waals surface area contributed by atoms with Crippen molar-refractivity contribution in [2.45, 2.75) is 6.42 Å². The molecular formula is C10H5Br2FO. The maximum atomic E-state index is 13.3. The van der Waals surface area contributed by atoms with E-state index in [0.29, 0.717) is 15.2 Å². The van der Waals surface area contributed by atoms with Crippen LogP contribution in [0.3, 0.4) is 0 Å². The molecule has 1 nitrogen and oxygen atoms in total. The monoisotopic (exact) mass is 318 g/mol. The molecule has 0 amide bonds. The van der Waals surface area contributed by atoms with Crippen molar-refractivity contribution in [1.82, 2.24) is 0 Å². The van der Waals surface area contributed by atoms with Crippen LogP contribution in [0.2, 0.25) is 0 Å². The van der Waals surface area contributed by atoms with Crippen LogP contribution in [0, 0.1) is 17.7 Å². The summed E-state index contributed by atoms with van der Waals surface area (Å²) in [7, 11) is 0. The van der Waals surface area contributed by atoms with Gasteiger partial charge in [-0.3, -0.25) is 0 Å². The number of benzene rings is 1. The lowest BCUT2D eigenvalue weighted by molar-refractivity contribution is -0.107. The number of hydrogen-bond donors (Lipinski definition) is 0. The molecule has 0 radical (unpaired) electrons. The molecule has 4 heteroatoms. The second-order valence-electron chi connectivity index (χ2n) is 2.42. The van der Waals surface area contributed by atoms with Gasteiger partial charge in [0.25, 0.3) is 0 Å². The van der Waals surface area contributed by atoms with Gasteiger partial charge in [0.05, 0.1) is 12.0 Å². The van der Waals surface area contributed by atoms with E-state index in [1.807, 2.05) is 0 Å². The summed E-state index contributed by atoms with van der Waals surface area (Å²) in [5.41, 5.74) is 0.273. The second-order valence-corrected chi connectivity index (χ2v) is 4.19. The first kappa shape index (κ1) is 11.4. The topological polar surface area (TPSA) is 17.1 Å². The standard InChI is InChI=1S/C10H5Br2FO/c11-7-5-9(12)8(10(13)6-7)3-1-2-4-14/h4-6H,2H2.